The zero-order chi connectivity index (χ0) is 18.7. The van der Waals surface area contributed by atoms with Gasteiger partial charge in [-0.1, -0.05) is 51.2 Å². The van der Waals surface area contributed by atoms with Crippen molar-refractivity contribution in [3.63, 3.8) is 0 Å². The Kier molecular flexibility index (Phi) is 9.72. The molecule has 1 aromatic rings. The van der Waals surface area contributed by atoms with E-state index in [1.54, 1.807) is 0 Å². The van der Waals surface area contributed by atoms with E-state index in [1.807, 2.05) is 48.4 Å². The van der Waals surface area contributed by atoms with Gasteiger partial charge in [0.2, 0.25) is 0 Å². The molecule has 0 aliphatic heterocycles. The number of ether oxygens (including phenoxy) is 1. The monoisotopic (exact) mass is 344 g/mol. The van der Waals surface area contributed by atoms with Crippen molar-refractivity contribution in [3.05, 3.63) is 29.8 Å². The van der Waals surface area contributed by atoms with Crippen molar-refractivity contribution in [2.75, 3.05) is 32.3 Å². The number of unbranched alkanes of at least 4 members (excludes halogenated alkanes) is 1. The maximum absolute atomic E-state index is 12.1. The molecule has 1 unspecified atom stereocenters. The average molecular weight is 344 g/mol. The van der Waals surface area contributed by atoms with Crippen molar-refractivity contribution < 1.29 is 9.53 Å². The lowest BCUT2D eigenvalue weighted by atomic mass is 10.0. The SMILES string of the molecule is C#Cc1ccccc1N(CCC(=O)OCC(CC)CCCC)N(C)C. The van der Waals surface area contributed by atoms with E-state index in [2.05, 4.69) is 19.8 Å². The third kappa shape index (κ3) is 7.19. The van der Waals surface area contributed by atoms with Crippen LogP contribution in [0.25, 0.3) is 0 Å². The van der Waals surface area contributed by atoms with Crippen molar-refractivity contribution in [2.24, 2.45) is 5.92 Å². The van der Waals surface area contributed by atoms with Crippen LogP contribution < -0.4 is 5.01 Å². The Morgan fingerprint density at radius 3 is 2.60 bits per heavy atom. The topological polar surface area (TPSA) is 32.8 Å². The van der Waals surface area contributed by atoms with E-state index in [0.29, 0.717) is 25.5 Å². The Balaban J connectivity index is 2.58. The largest absolute Gasteiger partial charge is 0.465 e. The molecule has 0 aliphatic rings. The van der Waals surface area contributed by atoms with Gasteiger partial charge in [0.1, 0.15) is 0 Å². The number of benzene rings is 1. The first-order chi connectivity index (χ1) is 12.0. The van der Waals surface area contributed by atoms with Crippen LogP contribution in [0.5, 0.6) is 0 Å². The summed E-state index contributed by atoms with van der Waals surface area (Å²) in [4.78, 5) is 12.1. The Hall–Kier alpha value is -1.99. The molecule has 0 radical (unpaired) electrons. The number of anilines is 1. The highest BCUT2D eigenvalue weighted by atomic mass is 16.5. The summed E-state index contributed by atoms with van der Waals surface area (Å²) in [6.45, 7) is 5.40. The van der Waals surface area contributed by atoms with E-state index in [4.69, 9.17) is 11.2 Å². The maximum Gasteiger partial charge on any atom is 0.307 e. The Bertz CT molecular complexity index is 563. The molecule has 0 N–H and O–H groups in total. The summed E-state index contributed by atoms with van der Waals surface area (Å²) < 4.78 is 5.49. The second-order valence-electron chi connectivity index (χ2n) is 6.48. The highest BCUT2D eigenvalue weighted by Crippen LogP contribution is 2.21. The van der Waals surface area contributed by atoms with E-state index >= 15 is 0 Å². The second kappa shape index (κ2) is 11.5. The average Bonchev–Trinajstić information content (AvgIpc) is 2.62. The van der Waals surface area contributed by atoms with Crippen LogP contribution in [0.2, 0.25) is 0 Å². The van der Waals surface area contributed by atoms with Crippen LogP contribution in [0.15, 0.2) is 24.3 Å². The number of rotatable bonds is 11. The lowest BCUT2D eigenvalue weighted by Gasteiger charge is -2.31. The molecular weight excluding hydrogens is 312 g/mol. The molecule has 25 heavy (non-hydrogen) atoms. The zero-order valence-corrected chi connectivity index (χ0v) is 16.1. The van der Waals surface area contributed by atoms with E-state index in [0.717, 1.165) is 24.1 Å². The first-order valence-corrected chi connectivity index (χ1v) is 9.19. The van der Waals surface area contributed by atoms with Crippen molar-refractivity contribution in [3.8, 4) is 12.3 Å². The Morgan fingerprint density at radius 1 is 1.28 bits per heavy atom. The molecule has 0 bridgehead atoms. The summed E-state index contributed by atoms with van der Waals surface area (Å²) in [5, 5.41) is 3.95. The quantitative estimate of drug-likeness (QED) is 0.344. The van der Waals surface area contributed by atoms with Crippen LogP contribution in [0.4, 0.5) is 5.69 Å². The minimum Gasteiger partial charge on any atom is -0.465 e. The zero-order valence-electron chi connectivity index (χ0n) is 16.1. The van der Waals surface area contributed by atoms with Crippen LogP contribution in [0.1, 0.15) is 51.5 Å². The molecule has 0 heterocycles. The third-order valence-corrected chi connectivity index (χ3v) is 4.37. The van der Waals surface area contributed by atoms with E-state index in [-0.39, 0.29) is 5.97 Å². The normalized spacial score (nSPS) is 11.8. The number of carbonyl (C=O) groups excluding carboxylic acids is 1. The van der Waals surface area contributed by atoms with Crippen LogP contribution in [0.3, 0.4) is 0 Å². The molecule has 0 amide bonds. The molecule has 4 heteroatoms. The molecule has 1 atom stereocenters. The van der Waals surface area contributed by atoms with Gasteiger partial charge in [0, 0.05) is 26.2 Å². The lowest BCUT2D eigenvalue weighted by molar-refractivity contribution is -0.145. The first-order valence-electron chi connectivity index (χ1n) is 9.19. The predicted molar refractivity (Wildman–Crippen MR) is 104 cm³/mol. The van der Waals surface area contributed by atoms with Gasteiger partial charge in [-0.25, -0.2) is 5.01 Å². The van der Waals surface area contributed by atoms with Crippen LogP contribution in [0, 0.1) is 18.3 Å². The number of para-hydroxylation sites is 1. The number of hydrogen-bond donors (Lipinski definition) is 0. The van der Waals surface area contributed by atoms with Gasteiger partial charge in [-0.15, -0.1) is 6.42 Å². The summed E-state index contributed by atoms with van der Waals surface area (Å²) >= 11 is 0. The van der Waals surface area contributed by atoms with E-state index in [1.165, 1.54) is 12.8 Å². The molecular formula is C21H32N2O2. The molecule has 1 rings (SSSR count). The summed E-state index contributed by atoms with van der Waals surface area (Å²) in [5.41, 5.74) is 1.74. The van der Waals surface area contributed by atoms with Crippen LogP contribution in [-0.4, -0.2) is 38.2 Å². The highest BCUT2D eigenvalue weighted by Gasteiger charge is 2.16. The Labute approximate surface area is 153 Å². The number of esters is 1. The third-order valence-electron chi connectivity index (χ3n) is 4.37. The number of nitrogens with zero attached hydrogens (tertiary/aromatic N) is 2. The minimum absolute atomic E-state index is 0.153. The van der Waals surface area contributed by atoms with Gasteiger partial charge in [-0.2, -0.15) is 0 Å². The molecule has 0 aromatic heterocycles. The fourth-order valence-corrected chi connectivity index (χ4v) is 2.73. The maximum atomic E-state index is 12.1. The van der Waals surface area contributed by atoms with Crippen LogP contribution >= 0.6 is 0 Å². The summed E-state index contributed by atoms with van der Waals surface area (Å²) in [5.74, 6) is 3.02. The number of hydrogen-bond acceptors (Lipinski definition) is 4. The van der Waals surface area contributed by atoms with Crippen molar-refractivity contribution in [2.45, 2.75) is 46.0 Å². The van der Waals surface area contributed by atoms with Gasteiger partial charge in [0.25, 0.3) is 0 Å². The number of carbonyl (C=O) groups is 1. The van der Waals surface area contributed by atoms with Gasteiger partial charge >= 0.3 is 5.97 Å². The van der Waals surface area contributed by atoms with E-state index < -0.39 is 0 Å². The molecule has 0 saturated carbocycles. The summed E-state index contributed by atoms with van der Waals surface area (Å²) in [6, 6.07) is 7.74. The Morgan fingerprint density at radius 2 is 2.00 bits per heavy atom. The first kappa shape index (κ1) is 21.1. The molecule has 0 fully saturated rings. The second-order valence-corrected chi connectivity index (χ2v) is 6.48. The molecule has 1 aromatic carbocycles. The highest BCUT2D eigenvalue weighted by molar-refractivity contribution is 5.70. The van der Waals surface area contributed by atoms with Crippen molar-refractivity contribution in [1.82, 2.24) is 5.01 Å². The molecule has 0 spiro atoms. The smallest absolute Gasteiger partial charge is 0.307 e. The standard InChI is InChI=1S/C21H32N2O2/c1-6-9-12-18(7-2)17-25-21(24)15-16-23(22(4)5)20-14-11-10-13-19(20)8-3/h3,10-11,13-14,18H,6-7,9,12,15-17H2,1-2,4-5H3. The fourth-order valence-electron chi connectivity index (χ4n) is 2.73. The molecule has 0 saturated heterocycles. The molecule has 138 valence electrons. The summed E-state index contributed by atoms with van der Waals surface area (Å²) in [7, 11) is 3.88. The minimum atomic E-state index is -0.153. The lowest BCUT2D eigenvalue weighted by Crippen LogP contribution is -2.39. The molecule has 4 nitrogen and oxygen atoms in total. The van der Waals surface area contributed by atoms with Gasteiger partial charge in [-0.3, -0.25) is 4.79 Å². The van der Waals surface area contributed by atoms with Gasteiger partial charge < -0.3 is 9.75 Å². The van der Waals surface area contributed by atoms with Gasteiger partial charge in [-0.05, 0) is 24.5 Å². The number of hydrazine groups is 1. The predicted octanol–water partition coefficient (Wildman–Crippen LogP) is 4.10. The van der Waals surface area contributed by atoms with Crippen molar-refractivity contribution in [1.29, 1.82) is 0 Å². The van der Waals surface area contributed by atoms with Crippen LogP contribution in [-0.2, 0) is 9.53 Å². The van der Waals surface area contributed by atoms with Gasteiger partial charge in [0.15, 0.2) is 0 Å². The fraction of sp³-hybridized carbons (Fsp3) is 0.571. The summed E-state index contributed by atoms with van der Waals surface area (Å²) in [6.07, 6.45) is 10.5. The van der Waals surface area contributed by atoms with E-state index in [9.17, 15) is 4.79 Å². The van der Waals surface area contributed by atoms with Gasteiger partial charge in [0.05, 0.1) is 18.7 Å². The van der Waals surface area contributed by atoms with Crippen molar-refractivity contribution >= 4 is 11.7 Å². The number of terminal acetylenes is 1. The molecule has 0 aliphatic carbocycles.